The Balaban J connectivity index is 1.90. The highest BCUT2D eigenvalue weighted by Gasteiger charge is 2.27. The molecule has 0 radical (unpaired) electrons. The van der Waals surface area contributed by atoms with E-state index in [1.54, 1.807) is 12.3 Å². The molecular weight excluding hydrogens is 238 g/mol. The van der Waals surface area contributed by atoms with Crippen molar-refractivity contribution in [1.82, 2.24) is 10.3 Å². The molecule has 1 saturated carbocycles. The van der Waals surface area contributed by atoms with Crippen LogP contribution in [0.1, 0.15) is 49.9 Å². The van der Waals surface area contributed by atoms with E-state index in [0.717, 1.165) is 18.7 Å². The minimum atomic E-state index is -0.0140. The zero-order chi connectivity index (χ0) is 13.9. The molecule has 0 atom stereocenters. The van der Waals surface area contributed by atoms with Gasteiger partial charge in [0.05, 0.1) is 5.56 Å². The summed E-state index contributed by atoms with van der Waals surface area (Å²) in [5.74, 6) is 0.760. The van der Waals surface area contributed by atoms with Crippen LogP contribution >= 0.6 is 0 Å². The monoisotopic (exact) mass is 261 g/mol. The molecule has 4 heteroatoms. The zero-order valence-electron chi connectivity index (χ0n) is 12.0. The molecule has 1 aromatic rings. The van der Waals surface area contributed by atoms with Crippen LogP contribution in [0, 0.1) is 5.41 Å². The van der Waals surface area contributed by atoms with Gasteiger partial charge in [-0.2, -0.15) is 0 Å². The molecule has 0 aliphatic heterocycles. The Morgan fingerprint density at radius 3 is 2.53 bits per heavy atom. The molecule has 1 fully saturated rings. The van der Waals surface area contributed by atoms with Gasteiger partial charge in [0.2, 0.25) is 0 Å². The van der Waals surface area contributed by atoms with Crippen molar-refractivity contribution in [3.63, 3.8) is 0 Å². The lowest BCUT2D eigenvalue weighted by Gasteiger charge is -2.34. The Hall–Kier alpha value is -1.58. The van der Waals surface area contributed by atoms with Crippen LogP contribution in [0.2, 0.25) is 0 Å². The summed E-state index contributed by atoms with van der Waals surface area (Å²) in [4.78, 5) is 16.3. The largest absolute Gasteiger partial charge is 0.373 e. The second-order valence-corrected chi connectivity index (χ2v) is 6.09. The van der Waals surface area contributed by atoms with Crippen molar-refractivity contribution >= 4 is 11.7 Å². The maximum Gasteiger partial charge on any atom is 0.253 e. The molecule has 104 valence electrons. The number of aromatic nitrogens is 1. The summed E-state index contributed by atoms with van der Waals surface area (Å²) in [5.41, 5.74) is 1.06. The third-order valence-electron chi connectivity index (χ3n) is 3.96. The Bertz CT molecular complexity index is 429. The van der Waals surface area contributed by atoms with Gasteiger partial charge in [-0.15, -0.1) is 0 Å². The fraction of sp³-hybridized carbons (Fsp3) is 0.600. The van der Waals surface area contributed by atoms with Crippen LogP contribution in [0.5, 0.6) is 0 Å². The fourth-order valence-electron chi connectivity index (χ4n) is 2.49. The summed E-state index contributed by atoms with van der Waals surface area (Å²) < 4.78 is 0. The summed E-state index contributed by atoms with van der Waals surface area (Å²) in [6.45, 7) is 4.59. The van der Waals surface area contributed by atoms with Gasteiger partial charge < -0.3 is 10.6 Å². The van der Waals surface area contributed by atoms with Crippen LogP contribution in [0.3, 0.4) is 0 Å². The van der Waals surface area contributed by atoms with Gasteiger partial charge >= 0.3 is 0 Å². The second kappa shape index (κ2) is 5.59. The zero-order valence-corrected chi connectivity index (χ0v) is 12.0. The number of pyridine rings is 1. The first kappa shape index (κ1) is 13.8. The SMILES string of the molecule is CNc1ccc(C(=O)NC2CCC(C)(C)CC2)cn1. The summed E-state index contributed by atoms with van der Waals surface area (Å²) in [7, 11) is 1.81. The van der Waals surface area contributed by atoms with Crippen molar-refractivity contribution < 1.29 is 4.79 Å². The molecule has 1 aliphatic carbocycles. The molecule has 2 N–H and O–H groups in total. The first-order valence-corrected chi connectivity index (χ1v) is 6.95. The van der Waals surface area contributed by atoms with Crippen LogP contribution in [0.15, 0.2) is 18.3 Å². The van der Waals surface area contributed by atoms with E-state index in [9.17, 15) is 4.79 Å². The number of carbonyl (C=O) groups excluding carboxylic acids is 1. The smallest absolute Gasteiger partial charge is 0.253 e. The molecule has 0 unspecified atom stereocenters. The van der Waals surface area contributed by atoms with Gasteiger partial charge in [-0.25, -0.2) is 4.98 Å². The molecule has 0 saturated heterocycles. The summed E-state index contributed by atoms with van der Waals surface area (Å²) in [6, 6.07) is 3.93. The van der Waals surface area contributed by atoms with E-state index in [1.807, 2.05) is 13.1 Å². The van der Waals surface area contributed by atoms with E-state index in [1.165, 1.54) is 12.8 Å². The number of hydrogen-bond donors (Lipinski definition) is 2. The van der Waals surface area contributed by atoms with Crippen molar-refractivity contribution in [3.05, 3.63) is 23.9 Å². The molecule has 2 rings (SSSR count). The van der Waals surface area contributed by atoms with Crippen LogP contribution < -0.4 is 10.6 Å². The average Bonchev–Trinajstić information content (AvgIpc) is 2.41. The summed E-state index contributed by atoms with van der Waals surface area (Å²) in [5, 5.41) is 6.05. The van der Waals surface area contributed by atoms with Crippen LogP contribution in [0.4, 0.5) is 5.82 Å². The molecule has 1 heterocycles. The number of hydrogen-bond acceptors (Lipinski definition) is 3. The van der Waals surface area contributed by atoms with Gasteiger partial charge in [0.1, 0.15) is 5.82 Å². The highest BCUT2D eigenvalue weighted by molar-refractivity contribution is 5.94. The maximum absolute atomic E-state index is 12.1. The molecule has 19 heavy (non-hydrogen) atoms. The lowest BCUT2D eigenvalue weighted by molar-refractivity contribution is 0.0908. The predicted molar refractivity (Wildman–Crippen MR) is 77.3 cm³/mol. The van der Waals surface area contributed by atoms with Crippen molar-refractivity contribution in [1.29, 1.82) is 0 Å². The van der Waals surface area contributed by atoms with Gasteiger partial charge in [0.15, 0.2) is 0 Å². The number of amides is 1. The quantitative estimate of drug-likeness (QED) is 0.879. The number of carbonyl (C=O) groups is 1. The lowest BCUT2D eigenvalue weighted by Crippen LogP contribution is -2.39. The Labute approximate surface area is 115 Å². The summed E-state index contributed by atoms with van der Waals surface area (Å²) >= 11 is 0. The van der Waals surface area contributed by atoms with Gasteiger partial charge in [-0.1, -0.05) is 13.8 Å². The molecular formula is C15H23N3O. The topological polar surface area (TPSA) is 54.0 Å². The van der Waals surface area contributed by atoms with Gasteiger partial charge in [-0.05, 0) is 43.2 Å². The molecule has 0 spiro atoms. The molecule has 1 aromatic heterocycles. The normalized spacial score (nSPS) is 18.9. The number of nitrogens with one attached hydrogen (secondary N) is 2. The fourth-order valence-corrected chi connectivity index (χ4v) is 2.49. The minimum absolute atomic E-state index is 0.0140. The molecule has 4 nitrogen and oxygen atoms in total. The summed E-state index contributed by atoms with van der Waals surface area (Å²) in [6.07, 6.45) is 6.11. The number of nitrogens with zero attached hydrogens (tertiary/aromatic N) is 1. The van der Waals surface area contributed by atoms with Crippen molar-refractivity contribution in [2.24, 2.45) is 5.41 Å². The van der Waals surface area contributed by atoms with Crippen molar-refractivity contribution in [2.75, 3.05) is 12.4 Å². The van der Waals surface area contributed by atoms with E-state index in [-0.39, 0.29) is 5.91 Å². The van der Waals surface area contributed by atoms with E-state index in [0.29, 0.717) is 17.0 Å². The average molecular weight is 261 g/mol. The van der Waals surface area contributed by atoms with Crippen LogP contribution in [0.25, 0.3) is 0 Å². The molecule has 0 aromatic carbocycles. The van der Waals surface area contributed by atoms with Crippen molar-refractivity contribution in [2.45, 2.75) is 45.6 Å². The first-order chi connectivity index (χ1) is 9.00. The number of rotatable bonds is 3. The predicted octanol–water partition coefficient (Wildman–Crippen LogP) is 2.82. The van der Waals surface area contributed by atoms with Gasteiger partial charge in [0.25, 0.3) is 5.91 Å². The second-order valence-electron chi connectivity index (χ2n) is 6.09. The van der Waals surface area contributed by atoms with E-state index >= 15 is 0 Å². The van der Waals surface area contributed by atoms with E-state index < -0.39 is 0 Å². The lowest BCUT2D eigenvalue weighted by atomic mass is 9.75. The third-order valence-corrected chi connectivity index (χ3v) is 3.96. The minimum Gasteiger partial charge on any atom is -0.373 e. The van der Waals surface area contributed by atoms with Gasteiger partial charge in [0, 0.05) is 19.3 Å². The third kappa shape index (κ3) is 3.69. The Morgan fingerprint density at radius 2 is 2.00 bits per heavy atom. The Kier molecular flexibility index (Phi) is 4.08. The molecule has 0 bridgehead atoms. The first-order valence-electron chi connectivity index (χ1n) is 6.95. The van der Waals surface area contributed by atoms with Gasteiger partial charge in [-0.3, -0.25) is 4.79 Å². The number of anilines is 1. The standard InChI is InChI=1S/C15H23N3O/c1-15(2)8-6-12(7-9-15)18-14(19)11-4-5-13(16-3)17-10-11/h4-5,10,12H,6-9H2,1-3H3,(H,16,17)(H,18,19). The van der Waals surface area contributed by atoms with E-state index in [4.69, 9.17) is 0 Å². The van der Waals surface area contributed by atoms with Crippen LogP contribution in [-0.2, 0) is 0 Å². The molecule has 1 amide bonds. The highest BCUT2D eigenvalue weighted by Crippen LogP contribution is 2.35. The van der Waals surface area contributed by atoms with E-state index in [2.05, 4.69) is 29.5 Å². The highest BCUT2D eigenvalue weighted by atomic mass is 16.1. The Morgan fingerprint density at radius 1 is 1.32 bits per heavy atom. The maximum atomic E-state index is 12.1. The molecule has 1 aliphatic rings. The van der Waals surface area contributed by atoms with Crippen LogP contribution in [-0.4, -0.2) is 24.0 Å². The van der Waals surface area contributed by atoms with Crippen molar-refractivity contribution in [3.8, 4) is 0 Å².